The zero-order chi connectivity index (χ0) is 8.48. The number of rotatable bonds is 3. The highest BCUT2D eigenvalue weighted by molar-refractivity contribution is 4.77. The first-order chi connectivity index (χ1) is 4.99. The molecule has 1 nitrogen and oxygen atoms in total. The molecule has 1 saturated carbocycles. The van der Waals surface area contributed by atoms with E-state index >= 15 is 0 Å². The monoisotopic (exact) mass is 168 g/mol. The van der Waals surface area contributed by atoms with Gasteiger partial charge in [0, 0.05) is 5.92 Å². The molecule has 1 rings (SSSR count). The molecule has 0 aromatic carbocycles. The first-order valence-corrected chi connectivity index (χ1v) is 3.89. The smallest absolute Gasteiger partial charge is 0.336 e. The Morgan fingerprint density at radius 2 is 2.00 bits per heavy atom. The van der Waals surface area contributed by atoms with Crippen molar-refractivity contribution in [1.29, 1.82) is 0 Å². The van der Waals surface area contributed by atoms with Crippen molar-refractivity contribution in [2.24, 2.45) is 5.92 Å². The van der Waals surface area contributed by atoms with Crippen molar-refractivity contribution >= 4 is 0 Å². The van der Waals surface area contributed by atoms with Crippen LogP contribution in [-0.4, -0.2) is 18.8 Å². The van der Waals surface area contributed by atoms with Gasteiger partial charge in [0.15, 0.2) is 6.54 Å². The van der Waals surface area contributed by atoms with E-state index in [-0.39, 0.29) is 6.04 Å². The van der Waals surface area contributed by atoms with Crippen molar-refractivity contribution in [3.8, 4) is 0 Å². The van der Waals surface area contributed by atoms with Crippen LogP contribution in [0.5, 0.6) is 0 Å². The second kappa shape index (κ2) is 3.01. The van der Waals surface area contributed by atoms with Crippen LogP contribution < -0.4 is 5.32 Å². The average Bonchev–Trinajstić information content (AvgIpc) is 2.61. The van der Waals surface area contributed by atoms with Crippen molar-refractivity contribution in [3.63, 3.8) is 0 Å². The lowest BCUT2D eigenvalue weighted by Gasteiger charge is -2.10. The van der Waals surface area contributed by atoms with Crippen LogP contribution in [0.1, 0.15) is 19.8 Å². The molecule has 0 aliphatic heterocycles. The molecule has 2 N–H and O–H groups in total. The Bertz CT molecular complexity index is 128. The highest BCUT2D eigenvalue weighted by atomic mass is 19.4. The van der Waals surface area contributed by atoms with Crippen LogP contribution in [0.15, 0.2) is 0 Å². The summed E-state index contributed by atoms with van der Waals surface area (Å²) in [6.45, 7) is 1.13. The summed E-state index contributed by atoms with van der Waals surface area (Å²) < 4.78 is 35.0. The molecule has 1 fully saturated rings. The number of nitrogens with two attached hydrogens (primary N) is 1. The summed E-state index contributed by atoms with van der Waals surface area (Å²) in [6, 6.07) is 0.150. The topological polar surface area (TPSA) is 16.6 Å². The molecule has 0 spiro atoms. The summed E-state index contributed by atoms with van der Waals surface area (Å²) in [4.78, 5) is 0. The van der Waals surface area contributed by atoms with E-state index in [1.807, 2.05) is 6.92 Å². The SMILES string of the molecule is C[C@H]([NH2+]CC(F)(F)F)C1CC1. The normalized spacial score (nSPS) is 21.8. The van der Waals surface area contributed by atoms with Crippen molar-refractivity contribution < 1.29 is 18.5 Å². The third-order valence-corrected chi connectivity index (χ3v) is 2.09. The van der Waals surface area contributed by atoms with Crippen LogP contribution in [0.2, 0.25) is 0 Å². The fourth-order valence-corrected chi connectivity index (χ4v) is 1.13. The molecular weight excluding hydrogens is 155 g/mol. The van der Waals surface area contributed by atoms with E-state index in [2.05, 4.69) is 0 Å². The van der Waals surface area contributed by atoms with Gasteiger partial charge in [-0.25, -0.2) is 0 Å². The molecule has 0 amide bonds. The Morgan fingerprint density at radius 1 is 1.45 bits per heavy atom. The summed E-state index contributed by atoms with van der Waals surface area (Å²) in [5.41, 5.74) is 0. The van der Waals surface area contributed by atoms with E-state index < -0.39 is 12.7 Å². The molecule has 0 aromatic rings. The molecule has 0 unspecified atom stereocenters. The Balaban J connectivity index is 2.10. The molecule has 11 heavy (non-hydrogen) atoms. The van der Waals surface area contributed by atoms with Crippen molar-refractivity contribution in [2.75, 3.05) is 6.54 Å². The quantitative estimate of drug-likeness (QED) is 0.645. The van der Waals surface area contributed by atoms with Crippen molar-refractivity contribution in [3.05, 3.63) is 0 Å². The van der Waals surface area contributed by atoms with Gasteiger partial charge in [-0.2, -0.15) is 13.2 Å². The van der Waals surface area contributed by atoms with E-state index in [9.17, 15) is 13.2 Å². The standard InChI is InChI=1S/C7H12F3N/c1-5(6-2-3-6)11-4-7(8,9)10/h5-6,11H,2-4H2,1H3/p+1/t5-/m0/s1. The second-order valence-electron chi connectivity index (χ2n) is 3.25. The van der Waals surface area contributed by atoms with Crippen LogP contribution in [0.3, 0.4) is 0 Å². The van der Waals surface area contributed by atoms with E-state index in [0.717, 1.165) is 12.8 Å². The average molecular weight is 168 g/mol. The lowest BCUT2D eigenvalue weighted by Crippen LogP contribution is -2.92. The molecule has 0 aromatic heterocycles. The number of halogens is 3. The minimum Gasteiger partial charge on any atom is -0.336 e. The molecule has 1 atom stereocenters. The zero-order valence-corrected chi connectivity index (χ0v) is 6.49. The molecule has 1 aliphatic rings. The maximum atomic E-state index is 11.7. The zero-order valence-electron chi connectivity index (χ0n) is 6.49. The van der Waals surface area contributed by atoms with Crippen LogP contribution in [0.4, 0.5) is 13.2 Å². The highest BCUT2D eigenvalue weighted by Gasteiger charge is 2.35. The van der Waals surface area contributed by atoms with E-state index in [4.69, 9.17) is 0 Å². The molecule has 4 heteroatoms. The summed E-state index contributed by atoms with van der Waals surface area (Å²) in [5, 5.41) is 1.39. The van der Waals surface area contributed by atoms with Gasteiger partial charge < -0.3 is 5.32 Å². The van der Waals surface area contributed by atoms with E-state index in [1.54, 1.807) is 0 Å². The summed E-state index contributed by atoms with van der Waals surface area (Å²) in [7, 11) is 0. The predicted octanol–water partition coefficient (Wildman–Crippen LogP) is 0.911. The Hall–Kier alpha value is -0.250. The van der Waals surface area contributed by atoms with Gasteiger partial charge in [-0.1, -0.05) is 0 Å². The molecule has 0 bridgehead atoms. The van der Waals surface area contributed by atoms with Gasteiger partial charge in [0.2, 0.25) is 0 Å². The summed E-state index contributed by atoms with van der Waals surface area (Å²) in [6.07, 6.45) is -1.80. The van der Waals surface area contributed by atoms with Crippen molar-refractivity contribution in [1.82, 2.24) is 0 Å². The molecule has 0 radical (unpaired) electrons. The number of quaternary nitrogens is 1. The van der Waals surface area contributed by atoms with Crippen LogP contribution >= 0.6 is 0 Å². The third kappa shape index (κ3) is 3.60. The number of alkyl halides is 3. The fourth-order valence-electron chi connectivity index (χ4n) is 1.13. The molecule has 0 heterocycles. The maximum Gasteiger partial charge on any atom is 0.438 e. The molecule has 0 saturated heterocycles. The van der Waals surface area contributed by atoms with Crippen LogP contribution in [-0.2, 0) is 0 Å². The third-order valence-electron chi connectivity index (χ3n) is 2.09. The minimum atomic E-state index is -4.01. The van der Waals surface area contributed by atoms with Crippen LogP contribution in [0, 0.1) is 5.92 Å². The van der Waals surface area contributed by atoms with Crippen molar-refractivity contribution in [2.45, 2.75) is 32.0 Å². The van der Waals surface area contributed by atoms with Gasteiger partial charge in [-0.15, -0.1) is 0 Å². The number of hydrogen-bond donors (Lipinski definition) is 1. The molecular formula is C7H13F3N+. The van der Waals surface area contributed by atoms with Gasteiger partial charge in [-0.05, 0) is 19.8 Å². The Labute approximate surface area is 64.0 Å². The van der Waals surface area contributed by atoms with Gasteiger partial charge in [-0.3, -0.25) is 0 Å². The van der Waals surface area contributed by atoms with Gasteiger partial charge >= 0.3 is 6.18 Å². The van der Waals surface area contributed by atoms with Gasteiger partial charge in [0.25, 0.3) is 0 Å². The van der Waals surface area contributed by atoms with Gasteiger partial charge in [0.05, 0.1) is 6.04 Å². The molecule has 1 aliphatic carbocycles. The number of hydrogen-bond acceptors (Lipinski definition) is 0. The lowest BCUT2D eigenvalue weighted by molar-refractivity contribution is -0.708. The van der Waals surface area contributed by atoms with Gasteiger partial charge in [0.1, 0.15) is 0 Å². The Morgan fingerprint density at radius 3 is 2.36 bits per heavy atom. The summed E-state index contributed by atoms with van der Waals surface area (Å²) in [5.74, 6) is 0.539. The van der Waals surface area contributed by atoms with E-state index in [1.165, 1.54) is 5.32 Å². The second-order valence-corrected chi connectivity index (χ2v) is 3.25. The first kappa shape index (κ1) is 8.84. The fraction of sp³-hybridized carbons (Fsp3) is 1.00. The first-order valence-electron chi connectivity index (χ1n) is 3.89. The predicted molar refractivity (Wildman–Crippen MR) is 35.0 cm³/mol. The largest absolute Gasteiger partial charge is 0.438 e. The summed E-state index contributed by atoms with van der Waals surface area (Å²) >= 11 is 0. The molecule has 66 valence electrons. The maximum absolute atomic E-state index is 11.7. The lowest BCUT2D eigenvalue weighted by atomic mass is 10.2. The van der Waals surface area contributed by atoms with Crippen LogP contribution in [0.25, 0.3) is 0 Å². The Kier molecular flexibility index (Phi) is 2.42. The van der Waals surface area contributed by atoms with E-state index in [0.29, 0.717) is 5.92 Å². The highest BCUT2D eigenvalue weighted by Crippen LogP contribution is 2.30. The minimum absolute atomic E-state index is 0.150.